The number of carbonyl (C=O) groups excluding carboxylic acids is 1. The Kier molecular flexibility index (Phi) is 5.33. The molecule has 0 aliphatic carbocycles. The van der Waals surface area contributed by atoms with Crippen LogP contribution in [0.25, 0.3) is 0 Å². The fourth-order valence-electron chi connectivity index (χ4n) is 2.09. The number of aromatic hydroxyl groups is 1. The molecule has 1 N–H and O–H groups in total. The Balaban J connectivity index is 2.28. The predicted molar refractivity (Wildman–Crippen MR) is 80.0 cm³/mol. The molecule has 0 fully saturated rings. The van der Waals surface area contributed by atoms with Gasteiger partial charge in [0.05, 0.1) is 12.8 Å². The van der Waals surface area contributed by atoms with E-state index in [4.69, 9.17) is 4.42 Å². The van der Waals surface area contributed by atoms with Gasteiger partial charge in [-0.15, -0.1) is 0 Å². The van der Waals surface area contributed by atoms with Gasteiger partial charge in [-0.25, -0.2) is 8.78 Å². The van der Waals surface area contributed by atoms with E-state index >= 15 is 0 Å². The molecule has 0 spiro atoms. The minimum Gasteiger partial charge on any atom is -0.507 e. The molecule has 124 valence electrons. The number of hydrogen-bond acceptors (Lipinski definition) is 4. The monoisotopic (exact) mass is 324 g/mol. The highest BCUT2D eigenvalue weighted by Crippen LogP contribution is 2.24. The zero-order valence-electron chi connectivity index (χ0n) is 12.9. The average Bonchev–Trinajstić information content (AvgIpc) is 2.94. The third kappa shape index (κ3) is 4.29. The lowest BCUT2D eigenvalue weighted by atomic mass is 10.1. The van der Waals surface area contributed by atoms with Gasteiger partial charge in [-0.2, -0.15) is 0 Å². The highest BCUT2D eigenvalue weighted by atomic mass is 19.1. The number of halogens is 2. The number of rotatable bonds is 6. The lowest BCUT2D eigenvalue weighted by Crippen LogP contribution is -2.36. The van der Waals surface area contributed by atoms with Crippen molar-refractivity contribution in [2.75, 3.05) is 27.2 Å². The van der Waals surface area contributed by atoms with Crippen LogP contribution < -0.4 is 0 Å². The van der Waals surface area contributed by atoms with E-state index in [0.29, 0.717) is 31.0 Å². The van der Waals surface area contributed by atoms with Crippen molar-refractivity contribution in [3.8, 4) is 5.75 Å². The van der Waals surface area contributed by atoms with E-state index in [1.54, 1.807) is 12.1 Å². The third-order valence-corrected chi connectivity index (χ3v) is 3.28. The Bertz CT molecular complexity index is 649. The smallest absolute Gasteiger partial charge is 0.261 e. The molecule has 0 unspecified atom stereocenters. The topological polar surface area (TPSA) is 56.9 Å². The maximum absolute atomic E-state index is 13.9. The van der Waals surface area contributed by atoms with Crippen molar-refractivity contribution in [3.05, 3.63) is 53.5 Å². The SMILES string of the molecule is CN(C)CCN(Cc1ccco1)C(=O)c1c(O)cc(F)cc1F. The summed E-state index contributed by atoms with van der Waals surface area (Å²) in [6, 6.07) is 4.66. The fraction of sp³-hybridized carbons (Fsp3) is 0.312. The second kappa shape index (κ2) is 7.23. The summed E-state index contributed by atoms with van der Waals surface area (Å²) in [5, 5.41) is 9.73. The number of nitrogens with zero attached hydrogens (tertiary/aromatic N) is 2. The average molecular weight is 324 g/mol. The lowest BCUT2D eigenvalue weighted by Gasteiger charge is -2.24. The summed E-state index contributed by atoms with van der Waals surface area (Å²) in [4.78, 5) is 15.8. The van der Waals surface area contributed by atoms with Gasteiger partial charge in [0.15, 0.2) is 0 Å². The minimum absolute atomic E-state index is 0.121. The quantitative estimate of drug-likeness (QED) is 0.887. The first-order valence-electron chi connectivity index (χ1n) is 7.03. The Morgan fingerprint density at radius 2 is 2.00 bits per heavy atom. The summed E-state index contributed by atoms with van der Waals surface area (Å²) in [7, 11) is 3.68. The molecule has 1 aromatic carbocycles. The minimum atomic E-state index is -1.10. The molecular formula is C16H18F2N2O3. The first-order valence-corrected chi connectivity index (χ1v) is 7.03. The van der Waals surface area contributed by atoms with Crippen LogP contribution in [0.1, 0.15) is 16.1 Å². The Labute approximate surface area is 132 Å². The van der Waals surface area contributed by atoms with E-state index in [1.165, 1.54) is 11.2 Å². The van der Waals surface area contributed by atoms with Crippen LogP contribution in [-0.2, 0) is 6.54 Å². The summed E-state index contributed by atoms with van der Waals surface area (Å²) in [5.41, 5.74) is -0.545. The zero-order chi connectivity index (χ0) is 17.0. The van der Waals surface area contributed by atoms with Crippen LogP contribution in [0.5, 0.6) is 5.75 Å². The summed E-state index contributed by atoms with van der Waals surface area (Å²) < 4.78 is 32.2. The number of likely N-dealkylation sites (N-methyl/N-ethyl adjacent to an activating group) is 1. The van der Waals surface area contributed by atoms with Crippen molar-refractivity contribution in [3.63, 3.8) is 0 Å². The molecule has 0 bridgehead atoms. The van der Waals surface area contributed by atoms with E-state index in [2.05, 4.69) is 0 Å². The molecule has 1 amide bonds. The van der Waals surface area contributed by atoms with Gasteiger partial charge in [-0.05, 0) is 26.2 Å². The predicted octanol–water partition coefficient (Wildman–Crippen LogP) is 2.47. The molecule has 0 saturated carbocycles. The van der Waals surface area contributed by atoms with Crippen LogP contribution in [0.3, 0.4) is 0 Å². The van der Waals surface area contributed by atoms with Gasteiger partial charge < -0.3 is 19.3 Å². The molecule has 0 atom stereocenters. The van der Waals surface area contributed by atoms with Crippen LogP contribution in [-0.4, -0.2) is 48.0 Å². The fourth-order valence-corrected chi connectivity index (χ4v) is 2.09. The molecule has 0 aliphatic rings. The van der Waals surface area contributed by atoms with Crippen molar-refractivity contribution in [1.29, 1.82) is 0 Å². The molecule has 7 heteroatoms. The largest absolute Gasteiger partial charge is 0.507 e. The second-order valence-corrected chi connectivity index (χ2v) is 5.39. The van der Waals surface area contributed by atoms with E-state index < -0.39 is 28.9 Å². The standard InChI is InChI=1S/C16H18F2N2O3/c1-19(2)5-6-20(10-12-4-3-7-23-12)16(22)15-13(18)8-11(17)9-14(15)21/h3-4,7-9,21H,5-6,10H2,1-2H3. The van der Waals surface area contributed by atoms with Gasteiger partial charge in [-0.1, -0.05) is 0 Å². The maximum atomic E-state index is 13.9. The number of hydrogen-bond donors (Lipinski definition) is 1. The Morgan fingerprint density at radius 3 is 2.57 bits per heavy atom. The Hall–Kier alpha value is -2.41. The van der Waals surface area contributed by atoms with E-state index in [0.717, 1.165) is 0 Å². The van der Waals surface area contributed by atoms with Crippen LogP contribution >= 0.6 is 0 Å². The molecule has 0 radical (unpaired) electrons. The van der Waals surface area contributed by atoms with Crippen LogP contribution in [0.4, 0.5) is 8.78 Å². The van der Waals surface area contributed by atoms with E-state index in [1.807, 2.05) is 19.0 Å². The highest BCUT2D eigenvalue weighted by Gasteiger charge is 2.24. The normalized spacial score (nSPS) is 11.0. The summed E-state index contributed by atoms with van der Waals surface area (Å²) in [5.74, 6) is -2.96. The van der Waals surface area contributed by atoms with Crippen LogP contribution in [0.2, 0.25) is 0 Å². The first kappa shape index (κ1) is 17.0. The van der Waals surface area contributed by atoms with Gasteiger partial charge >= 0.3 is 0 Å². The molecule has 0 aliphatic heterocycles. The molecule has 23 heavy (non-hydrogen) atoms. The van der Waals surface area contributed by atoms with Gasteiger partial charge in [0.25, 0.3) is 5.91 Å². The van der Waals surface area contributed by atoms with Gasteiger partial charge in [0, 0.05) is 25.2 Å². The molecule has 2 rings (SSSR count). The van der Waals surface area contributed by atoms with Gasteiger partial charge in [0.2, 0.25) is 0 Å². The van der Waals surface area contributed by atoms with Gasteiger partial charge in [-0.3, -0.25) is 4.79 Å². The maximum Gasteiger partial charge on any atom is 0.261 e. The molecule has 1 aromatic heterocycles. The van der Waals surface area contributed by atoms with Crippen molar-refractivity contribution in [2.45, 2.75) is 6.54 Å². The van der Waals surface area contributed by atoms with Crippen molar-refractivity contribution in [1.82, 2.24) is 9.80 Å². The summed E-state index contributed by atoms with van der Waals surface area (Å²) >= 11 is 0. The molecule has 2 aromatic rings. The van der Waals surface area contributed by atoms with Crippen molar-refractivity contribution >= 4 is 5.91 Å². The summed E-state index contributed by atoms with van der Waals surface area (Å²) in [6.07, 6.45) is 1.47. The van der Waals surface area contributed by atoms with E-state index in [-0.39, 0.29) is 6.54 Å². The number of phenolic OH excluding ortho intramolecular Hbond substituents is 1. The second-order valence-electron chi connectivity index (χ2n) is 5.39. The van der Waals surface area contributed by atoms with Crippen LogP contribution in [0, 0.1) is 11.6 Å². The van der Waals surface area contributed by atoms with Crippen molar-refractivity contribution < 1.29 is 23.1 Å². The molecule has 5 nitrogen and oxygen atoms in total. The highest BCUT2D eigenvalue weighted by molar-refractivity contribution is 5.97. The number of amides is 1. The number of furan rings is 1. The summed E-state index contributed by atoms with van der Waals surface area (Å²) in [6.45, 7) is 0.953. The molecule has 1 heterocycles. The van der Waals surface area contributed by atoms with Gasteiger partial charge in [0.1, 0.15) is 28.7 Å². The Morgan fingerprint density at radius 1 is 1.26 bits per heavy atom. The number of phenols is 1. The third-order valence-electron chi connectivity index (χ3n) is 3.28. The zero-order valence-corrected chi connectivity index (χ0v) is 12.9. The van der Waals surface area contributed by atoms with E-state index in [9.17, 15) is 18.7 Å². The number of benzene rings is 1. The number of carbonyl (C=O) groups is 1. The molecule has 0 saturated heterocycles. The van der Waals surface area contributed by atoms with Crippen molar-refractivity contribution in [2.24, 2.45) is 0 Å². The molecular weight excluding hydrogens is 306 g/mol. The first-order chi connectivity index (χ1) is 10.9. The lowest BCUT2D eigenvalue weighted by molar-refractivity contribution is 0.0711. The van der Waals surface area contributed by atoms with Crippen LogP contribution in [0.15, 0.2) is 34.9 Å².